The largest absolute Gasteiger partial charge is 0.507 e. The van der Waals surface area contributed by atoms with Gasteiger partial charge in [-0.25, -0.2) is 0 Å². The molecule has 0 radical (unpaired) electrons. The van der Waals surface area contributed by atoms with Crippen molar-refractivity contribution in [1.82, 2.24) is 9.80 Å². The molecule has 0 aliphatic carbocycles. The van der Waals surface area contributed by atoms with Gasteiger partial charge < -0.3 is 29.0 Å². The van der Waals surface area contributed by atoms with Crippen LogP contribution in [0.1, 0.15) is 29.7 Å². The molecule has 37 heavy (non-hydrogen) atoms. The molecule has 2 aromatic carbocycles. The van der Waals surface area contributed by atoms with E-state index in [2.05, 4.69) is 4.90 Å². The van der Waals surface area contributed by atoms with Crippen LogP contribution in [0, 0.1) is 0 Å². The summed E-state index contributed by atoms with van der Waals surface area (Å²) in [4.78, 5) is 30.6. The minimum absolute atomic E-state index is 0.0328. The van der Waals surface area contributed by atoms with Gasteiger partial charge in [0.25, 0.3) is 11.7 Å². The third kappa shape index (κ3) is 4.65. The Morgan fingerprint density at radius 1 is 1.08 bits per heavy atom. The summed E-state index contributed by atoms with van der Waals surface area (Å²) in [5, 5.41) is 11.5. The van der Waals surface area contributed by atoms with Gasteiger partial charge >= 0.3 is 0 Å². The Balaban J connectivity index is 1.60. The van der Waals surface area contributed by atoms with E-state index in [-0.39, 0.29) is 17.4 Å². The van der Waals surface area contributed by atoms with Gasteiger partial charge in [-0.05, 0) is 36.8 Å². The third-order valence-electron chi connectivity index (χ3n) is 7.20. The van der Waals surface area contributed by atoms with Crippen molar-refractivity contribution < 1.29 is 33.6 Å². The molecule has 2 saturated heterocycles. The van der Waals surface area contributed by atoms with Crippen LogP contribution < -0.4 is 14.2 Å². The molecule has 3 aliphatic heterocycles. The first kappa shape index (κ1) is 25.1. The van der Waals surface area contributed by atoms with E-state index in [1.807, 2.05) is 13.0 Å². The van der Waals surface area contributed by atoms with Crippen LogP contribution in [0.5, 0.6) is 17.2 Å². The normalized spacial score (nSPS) is 23.2. The lowest BCUT2D eigenvalue weighted by molar-refractivity contribution is -0.140. The van der Waals surface area contributed by atoms with Crippen molar-refractivity contribution in [3.63, 3.8) is 0 Å². The minimum Gasteiger partial charge on any atom is -0.507 e. The van der Waals surface area contributed by atoms with Gasteiger partial charge in [-0.2, -0.15) is 0 Å². The number of hydrogen-bond donors (Lipinski definition) is 1. The van der Waals surface area contributed by atoms with Crippen molar-refractivity contribution in [2.75, 3.05) is 53.6 Å². The molecule has 9 heteroatoms. The molecular weight excluding hydrogens is 476 g/mol. The number of carbonyl (C=O) groups is 2. The number of hydrogen-bond acceptors (Lipinski definition) is 8. The second-order valence-corrected chi connectivity index (χ2v) is 9.48. The number of benzene rings is 2. The molecule has 9 nitrogen and oxygen atoms in total. The molecule has 2 atom stereocenters. The smallest absolute Gasteiger partial charge is 0.295 e. The number of morpholine rings is 1. The monoisotopic (exact) mass is 508 g/mol. The van der Waals surface area contributed by atoms with Crippen LogP contribution >= 0.6 is 0 Å². The van der Waals surface area contributed by atoms with Crippen LogP contribution in [0.2, 0.25) is 0 Å². The molecular formula is C28H32N2O7. The average molecular weight is 509 g/mol. The number of nitrogens with zero attached hydrogens (tertiary/aromatic N) is 2. The zero-order chi connectivity index (χ0) is 26.1. The van der Waals surface area contributed by atoms with Gasteiger partial charge in [0.2, 0.25) is 0 Å². The first-order valence-corrected chi connectivity index (χ1v) is 12.5. The Morgan fingerprint density at radius 3 is 2.59 bits per heavy atom. The van der Waals surface area contributed by atoms with Crippen molar-refractivity contribution in [1.29, 1.82) is 0 Å². The fraction of sp³-hybridized carbons (Fsp3) is 0.429. The molecule has 5 rings (SSSR count). The first-order valence-electron chi connectivity index (χ1n) is 12.5. The SMILES string of the molecule is COc1cccc([C@@H]2C(=C(O)c3ccc4c(c3)C[C@H](C)O4)C(=O)C(=O)N2CCN2CCOCC2)c1OC. The van der Waals surface area contributed by atoms with E-state index >= 15 is 0 Å². The number of amides is 1. The quantitative estimate of drug-likeness (QED) is 0.347. The maximum absolute atomic E-state index is 13.5. The van der Waals surface area contributed by atoms with Gasteiger partial charge in [0.05, 0.1) is 39.0 Å². The van der Waals surface area contributed by atoms with Crippen molar-refractivity contribution in [3.8, 4) is 17.2 Å². The molecule has 3 heterocycles. The number of para-hydroxylation sites is 1. The van der Waals surface area contributed by atoms with Gasteiger partial charge in [0.15, 0.2) is 11.5 Å². The molecule has 0 aromatic heterocycles. The number of carbonyl (C=O) groups excluding carboxylic acids is 2. The molecule has 1 amide bonds. The van der Waals surface area contributed by atoms with Crippen LogP contribution in [0.4, 0.5) is 0 Å². The Morgan fingerprint density at radius 2 is 1.86 bits per heavy atom. The van der Waals surface area contributed by atoms with Crippen molar-refractivity contribution in [2.24, 2.45) is 0 Å². The summed E-state index contributed by atoms with van der Waals surface area (Å²) in [6.07, 6.45) is 0.747. The molecule has 196 valence electrons. The maximum atomic E-state index is 13.5. The summed E-state index contributed by atoms with van der Waals surface area (Å²) >= 11 is 0. The zero-order valence-corrected chi connectivity index (χ0v) is 21.4. The standard InChI is InChI=1S/C28H32N2O7/c1-17-15-19-16-18(7-8-21(19)37-17)25(31)23-24(20-5-4-6-22(34-2)27(20)35-3)30(28(33)26(23)32)10-9-29-11-13-36-14-12-29/h4-8,16-17,24,31H,9-15H2,1-3H3/t17-,24+/m0/s1. The van der Waals surface area contributed by atoms with Gasteiger partial charge in [-0.1, -0.05) is 12.1 Å². The maximum Gasteiger partial charge on any atom is 0.295 e. The first-order chi connectivity index (χ1) is 17.9. The van der Waals surface area contributed by atoms with Crippen molar-refractivity contribution in [3.05, 3.63) is 58.7 Å². The van der Waals surface area contributed by atoms with Crippen molar-refractivity contribution >= 4 is 17.4 Å². The average Bonchev–Trinajstić information content (AvgIpc) is 3.42. The summed E-state index contributed by atoms with van der Waals surface area (Å²) in [5.41, 5.74) is 2.02. The van der Waals surface area contributed by atoms with E-state index in [4.69, 9.17) is 18.9 Å². The minimum atomic E-state index is -0.838. The van der Waals surface area contributed by atoms with Crippen LogP contribution in [-0.2, 0) is 20.7 Å². The highest BCUT2D eigenvalue weighted by Gasteiger charge is 2.47. The Bertz CT molecular complexity index is 1240. The van der Waals surface area contributed by atoms with E-state index in [0.717, 1.165) is 24.4 Å². The molecule has 1 N–H and O–H groups in total. The van der Waals surface area contributed by atoms with Crippen molar-refractivity contribution in [2.45, 2.75) is 25.5 Å². The lowest BCUT2D eigenvalue weighted by Gasteiger charge is -2.31. The topological polar surface area (TPSA) is 97.8 Å². The van der Waals surface area contributed by atoms with Crippen LogP contribution in [0.3, 0.4) is 0 Å². The lowest BCUT2D eigenvalue weighted by Crippen LogP contribution is -2.42. The summed E-state index contributed by atoms with van der Waals surface area (Å²) in [6.45, 7) is 5.64. The predicted octanol–water partition coefficient (Wildman–Crippen LogP) is 2.78. The highest BCUT2D eigenvalue weighted by Crippen LogP contribution is 2.45. The molecule has 2 aromatic rings. The molecule has 3 aliphatic rings. The van der Waals surface area contributed by atoms with E-state index in [1.54, 1.807) is 30.3 Å². The summed E-state index contributed by atoms with van der Waals surface area (Å²) in [6, 6.07) is 9.84. The van der Waals surface area contributed by atoms with Gasteiger partial charge in [0, 0.05) is 43.7 Å². The Hall–Kier alpha value is -3.56. The Labute approximate surface area is 216 Å². The highest BCUT2D eigenvalue weighted by molar-refractivity contribution is 6.46. The van der Waals surface area contributed by atoms with E-state index in [1.165, 1.54) is 19.1 Å². The number of likely N-dealkylation sites (tertiary alicyclic amines) is 1. The summed E-state index contributed by atoms with van der Waals surface area (Å²) < 4.78 is 22.4. The number of ketones is 1. The molecule has 0 spiro atoms. The van der Waals surface area contributed by atoms with E-state index < -0.39 is 17.7 Å². The summed E-state index contributed by atoms with van der Waals surface area (Å²) in [5.74, 6) is 0.0607. The second-order valence-electron chi connectivity index (χ2n) is 9.48. The van der Waals surface area contributed by atoms with E-state index in [9.17, 15) is 14.7 Å². The molecule has 0 bridgehead atoms. The number of fused-ring (bicyclic) bond motifs is 1. The number of aliphatic hydroxyl groups excluding tert-OH is 1. The van der Waals surface area contributed by atoms with Gasteiger partial charge in [-0.3, -0.25) is 14.5 Å². The van der Waals surface area contributed by atoms with E-state index in [0.29, 0.717) is 55.4 Å². The zero-order valence-electron chi connectivity index (χ0n) is 21.4. The number of aliphatic hydroxyl groups is 1. The highest BCUT2D eigenvalue weighted by atomic mass is 16.5. The number of ether oxygens (including phenoxy) is 4. The third-order valence-corrected chi connectivity index (χ3v) is 7.20. The summed E-state index contributed by atoms with van der Waals surface area (Å²) in [7, 11) is 3.05. The van der Waals surface area contributed by atoms with Crippen LogP contribution in [0.15, 0.2) is 42.0 Å². The fourth-order valence-electron chi connectivity index (χ4n) is 5.36. The Kier molecular flexibility index (Phi) is 7.08. The number of rotatable bonds is 7. The fourth-order valence-corrected chi connectivity index (χ4v) is 5.36. The predicted molar refractivity (Wildman–Crippen MR) is 136 cm³/mol. The molecule has 2 fully saturated rings. The second kappa shape index (κ2) is 10.4. The van der Waals surface area contributed by atoms with Gasteiger partial charge in [0.1, 0.15) is 17.6 Å². The molecule has 0 saturated carbocycles. The lowest BCUT2D eigenvalue weighted by atomic mass is 9.93. The number of methoxy groups -OCH3 is 2. The molecule has 0 unspecified atom stereocenters. The van der Waals surface area contributed by atoms with Crippen LogP contribution in [-0.4, -0.2) is 86.3 Å². The van der Waals surface area contributed by atoms with Gasteiger partial charge in [-0.15, -0.1) is 0 Å². The van der Waals surface area contributed by atoms with Crippen LogP contribution in [0.25, 0.3) is 5.76 Å². The number of Topliss-reactive ketones (excluding diaryl/α,β-unsaturated/α-hetero) is 1.